The molecule has 0 fully saturated rings. The molecule has 3 aromatic rings. The van der Waals surface area contributed by atoms with Crippen LogP contribution in [0.2, 0.25) is 0 Å². The molecule has 0 aromatic heterocycles. The monoisotopic (exact) mass is 458 g/mol. The average Bonchev–Trinajstić information content (AvgIpc) is 3.13. The van der Waals surface area contributed by atoms with E-state index in [9.17, 15) is 9.59 Å². The maximum absolute atomic E-state index is 12.8. The summed E-state index contributed by atoms with van der Waals surface area (Å²) in [5.41, 5.74) is 2.63. The van der Waals surface area contributed by atoms with Gasteiger partial charge < -0.3 is 18.9 Å². The van der Waals surface area contributed by atoms with Gasteiger partial charge >= 0.3 is 5.97 Å². The Kier molecular flexibility index (Phi) is 6.16. The number of hydrogen-bond donors (Lipinski definition) is 0. The fourth-order valence-corrected chi connectivity index (χ4v) is 3.58. The molecule has 0 bridgehead atoms. The van der Waals surface area contributed by atoms with E-state index in [1.807, 2.05) is 12.1 Å². The number of hydrogen-bond acceptors (Lipinski definition) is 6. The van der Waals surface area contributed by atoms with E-state index in [4.69, 9.17) is 18.9 Å². The molecule has 0 spiro atoms. The van der Waals surface area contributed by atoms with Crippen molar-refractivity contribution >= 4 is 17.8 Å². The van der Waals surface area contributed by atoms with Gasteiger partial charge in [0.15, 0.2) is 5.76 Å². The summed E-state index contributed by atoms with van der Waals surface area (Å²) in [6.45, 7) is 6.33. The molecule has 0 aliphatic carbocycles. The number of methoxy groups -OCH3 is 2. The quantitative estimate of drug-likeness (QED) is 0.272. The van der Waals surface area contributed by atoms with Crippen molar-refractivity contribution in [2.75, 3.05) is 14.2 Å². The molecule has 0 atom stereocenters. The van der Waals surface area contributed by atoms with Gasteiger partial charge in [0.25, 0.3) is 0 Å². The zero-order chi connectivity index (χ0) is 24.5. The van der Waals surface area contributed by atoms with Gasteiger partial charge in [0, 0.05) is 17.7 Å². The second-order valence-corrected chi connectivity index (χ2v) is 8.92. The molecule has 3 aromatic carbocycles. The lowest BCUT2D eigenvalue weighted by molar-refractivity contribution is 0.0734. The molecule has 0 radical (unpaired) electrons. The van der Waals surface area contributed by atoms with Crippen LogP contribution in [0.25, 0.3) is 6.08 Å². The van der Waals surface area contributed by atoms with Crippen LogP contribution < -0.4 is 18.9 Å². The minimum absolute atomic E-state index is 0.00659. The number of esters is 1. The lowest BCUT2D eigenvalue weighted by atomic mass is 9.87. The van der Waals surface area contributed by atoms with Crippen LogP contribution in [0.3, 0.4) is 0 Å². The highest BCUT2D eigenvalue weighted by atomic mass is 16.5. The van der Waals surface area contributed by atoms with Crippen LogP contribution in [0.1, 0.15) is 52.6 Å². The lowest BCUT2D eigenvalue weighted by Crippen LogP contribution is -2.12. The van der Waals surface area contributed by atoms with E-state index < -0.39 is 5.97 Å². The van der Waals surface area contributed by atoms with E-state index in [1.165, 1.54) is 0 Å². The van der Waals surface area contributed by atoms with Crippen molar-refractivity contribution in [3.8, 4) is 23.0 Å². The summed E-state index contributed by atoms with van der Waals surface area (Å²) in [6.07, 6.45) is 1.61. The van der Waals surface area contributed by atoms with E-state index in [0.29, 0.717) is 39.7 Å². The Labute approximate surface area is 198 Å². The third-order valence-electron chi connectivity index (χ3n) is 5.57. The smallest absolute Gasteiger partial charge is 0.343 e. The summed E-state index contributed by atoms with van der Waals surface area (Å²) in [6, 6.07) is 17.3. The Bertz CT molecular complexity index is 1280. The second kappa shape index (κ2) is 9.06. The third-order valence-corrected chi connectivity index (χ3v) is 5.57. The molecule has 0 saturated carbocycles. The summed E-state index contributed by atoms with van der Waals surface area (Å²) >= 11 is 0. The molecule has 4 rings (SSSR count). The molecule has 1 heterocycles. The molecule has 0 unspecified atom stereocenters. The molecule has 0 amide bonds. The van der Waals surface area contributed by atoms with E-state index >= 15 is 0 Å². The average molecular weight is 459 g/mol. The Morgan fingerprint density at radius 2 is 1.59 bits per heavy atom. The van der Waals surface area contributed by atoms with Gasteiger partial charge in [-0.05, 0) is 53.5 Å². The van der Waals surface area contributed by atoms with Gasteiger partial charge in [-0.15, -0.1) is 0 Å². The first-order valence-corrected chi connectivity index (χ1v) is 10.8. The van der Waals surface area contributed by atoms with E-state index in [-0.39, 0.29) is 17.0 Å². The van der Waals surface area contributed by atoms with Gasteiger partial charge in [-0.1, -0.05) is 32.9 Å². The van der Waals surface area contributed by atoms with Gasteiger partial charge in [0.1, 0.15) is 23.0 Å². The predicted molar refractivity (Wildman–Crippen MR) is 129 cm³/mol. The van der Waals surface area contributed by atoms with E-state index in [1.54, 1.807) is 68.8 Å². The molecule has 1 aliphatic rings. The number of carbonyl (C=O) groups is 2. The zero-order valence-corrected chi connectivity index (χ0v) is 19.8. The first-order valence-electron chi connectivity index (χ1n) is 10.8. The number of Topliss-reactive ketones (excluding diaryl/α,β-unsaturated/α-hetero) is 1. The van der Waals surface area contributed by atoms with Crippen LogP contribution in [0, 0.1) is 0 Å². The highest BCUT2D eigenvalue weighted by Crippen LogP contribution is 2.36. The van der Waals surface area contributed by atoms with E-state index in [2.05, 4.69) is 20.8 Å². The number of rotatable bonds is 5. The molecular weight excluding hydrogens is 432 g/mol. The van der Waals surface area contributed by atoms with Crippen molar-refractivity contribution in [2.24, 2.45) is 0 Å². The fourth-order valence-electron chi connectivity index (χ4n) is 3.58. The van der Waals surface area contributed by atoms with Crippen molar-refractivity contribution in [3.05, 3.63) is 88.7 Å². The van der Waals surface area contributed by atoms with Crippen LogP contribution in [-0.4, -0.2) is 26.0 Å². The molecule has 6 heteroatoms. The Balaban J connectivity index is 1.53. The molecule has 34 heavy (non-hydrogen) atoms. The standard InChI is InChI=1S/C28H26O6/c1-28(2,3)19-9-6-17(7-10-19)27(30)33-21-12-13-22-24(16-21)34-25(26(22)29)14-18-8-11-20(31-4)15-23(18)32-5/h6-16H,1-5H3/b25-14-. The Morgan fingerprint density at radius 1 is 0.882 bits per heavy atom. The third kappa shape index (κ3) is 4.66. The normalized spacial score (nSPS) is 13.9. The van der Waals surface area contributed by atoms with Crippen LogP contribution in [-0.2, 0) is 5.41 Å². The number of allylic oxidation sites excluding steroid dienone is 1. The minimum Gasteiger partial charge on any atom is -0.497 e. The number of ketones is 1. The van der Waals surface area contributed by atoms with Gasteiger partial charge in [-0.2, -0.15) is 0 Å². The molecule has 6 nitrogen and oxygen atoms in total. The van der Waals surface area contributed by atoms with Crippen LogP contribution in [0.5, 0.6) is 23.0 Å². The molecular formula is C28H26O6. The maximum atomic E-state index is 12.8. The molecule has 174 valence electrons. The summed E-state index contributed by atoms with van der Waals surface area (Å²) < 4.78 is 21.9. The van der Waals surface area contributed by atoms with Crippen LogP contribution in [0.15, 0.2) is 66.4 Å². The first kappa shape index (κ1) is 23.1. The second-order valence-electron chi connectivity index (χ2n) is 8.92. The maximum Gasteiger partial charge on any atom is 0.343 e. The molecule has 0 N–H and O–H groups in total. The first-order chi connectivity index (χ1) is 16.2. The number of fused-ring (bicyclic) bond motifs is 1. The summed E-state index contributed by atoms with van der Waals surface area (Å²) in [4.78, 5) is 25.4. The Hall–Kier alpha value is -4.06. The highest BCUT2D eigenvalue weighted by molar-refractivity contribution is 6.14. The Morgan fingerprint density at radius 3 is 2.24 bits per heavy atom. The minimum atomic E-state index is -0.483. The van der Waals surface area contributed by atoms with Gasteiger partial charge in [0.2, 0.25) is 5.78 Å². The molecule has 1 aliphatic heterocycles. The fraction of sp³-hybridized carbons (Fsp3) is 0.214. The SMILES string of the molecule is COc1ccc(/C=C2\Oc3cc(OC(=O)c4ccc(C(C)(C)C)cc4)ccc3C2=O)c(OC)c1. The summed E-state index contributed by atoms with van der Waals surface area (Å²) in [5.74, 6) is 1.22. The lowest BCUT2D eigenvalue weighted by Gasteiger charge is -2.18. The van der Waals surface area contributed by atoms with Crippen molar-refractivity contribution in [2.45, 2.75) is 26.2 Å². The van der Waals surface area contributed by atoms with Crippen molar-refractivity contribution in [3.63, 3.8) is 0 Å². The van der Waals surface area contributed by atoms with Gasteiger partial charge in [-0.25, -0.2) is 4.79 Å². The van der Waals surface area contributed by atoms with Crippen LogP contribution in [0.4, 0.5) is 0 Å². The van der Waals surface area contributed by atoms with E-state index in [0.717, 1.165) is 5.56 Å². The highest BCUT2D eigenvalue weighted by Gasteiger charge is 2.28. The topological polar surface area (TPSA) is 71.1 Å². The van der Waals surface area contributed by atoms with Crippen molar-refractivity contribution in [1.29, 1.82) is 0 Å². The number of carbonyl (C=O) groups excluding carboxylic acids is 2. The number of benzene rings is 3. The van der Waals surface area contributed by atoms with Crippen LogP contribution >= 0.6 is 0 Å². The summed E-state index contributed by atoms with van der Waals surface area (Å²) in [5, 5.41) is 0. The van der Waals surface area contributed by atoms with Crippen molar-refractivity contribution in [1.82, 2.24) is 0 Å². The zero-order valence-electron chi connectivity index (χ0n) is 19.8. The van der Waals surface area contributed by atoms with Gasteiger partial charge in [0.05, 0.1) is 25.3 Å². The largest absolute Gasteiger partial charge is 0.497 e. The number of ether oxygens (including phenoxy) is 4. The van der Waals surface area contributed by atoms with Gasteiger partial charge in [-0.3, -0.25) is 4.79 Å². The predicted octanol–water partition coefficient (Wildman–Crippen LogP) is 5.84. The van der Waals surface area contributed by atoms with Crippen molar-refractivity contribution < 1.29 is 28.5 Å². The molecule has 0 saturated heterocycles. The summed E-state index contributed by atoms with van der Waals surface area (Å²) in [7, 11) is 3.11.